The predicted octanol–water partition coefficient (Wildman–Crippen LogP) is 3.47. The van der Waals surface area contributed by atoms with Gasteiger partial charge in [-0.2, -0.15) is 0 Å². The molecule has 1 aliphatic rings. The molecule has 2 N–H and O–H groups in total. The minimum Gasteiger partial charge on any atom is -0.392 e. The molecule has 1 saturated heterocycles. The molecule has 0 atom stereocenters. The molecule has 2 aromatic carbocycles. The zero-order valence-electron chi connectivity index (χ0n) is 16.5. The number of nitrogens with one attached hydrogen (secondary N) is 1. The lowest BCUT2D eigenvalue weighted by molar-refractivity contribution is 0.122. The van der Waals surface area contributed by atoms with E-state index in [1.54, 1.807) is 6.20 Å². The Morgan fingerprint density at radius 3 is 2.57 bits per heavy atom. The van der Waals surface area contributed by atoms with Crippen LogP contribution in [0.4, 0.5) is 17.3 Å². The van der Waals surface area contributed by atoms with Crippen LogP contribution in [0, 0.1) is 0 Å². The van der Waals surface area contributed by atoms with E-state index >= 15 is 0 Å². The van der Waals surface area contributed by atoms with E-state index in [-0.39, 0.29) is 6.61 Å². The highest BCUT2D eigenvalue weighted by Crippen LogP contribution is 2.26. The van der Waals surface area contributed by atoms with Gasteiger partial charge in [0.2, 0.25) is 5.95 Å². The van der Waals surface area contributed by atoms with E-state index in [2.05, 4.69) is 32.4 Å². The molecule has 0 radical (unpaired) electrons. The van der Waals surface area contributed by atoms with Crippen LogP contribution in [0.25, 0.3) is 16.8 Å². The summed E-state index contributed by atoms with van der Waals surface area (Å²) in [6.07, 6.45) is 1.79. The highest BCUT2D eigenvalue weighted by Gasteiger charge is 2.12. The number of aromatic nitrogens is 3. The molecular formula is C23H23N5O2. The molecule has 0 aliphatic carbocycles. The highest BCUT2D eigenvalue weighted by molar-refractivity contribution is 5.69. The molecule has 0 saturated carbocycles. The van der Waals surface area contributed by atoms with Crippen LogP contribution in [-0.2, 0) is 11.3 Å². The van der Waals surface area contributed by atoms with Gasteiger partial charge in [-0.05, 0) is 42.0 Å². The lowest BCUT2D eigenvalue weighted by Crippen LogP contribution is -2.36. The Bertz CT molecular complexity index is 1150. The number of rotatable bonds is 5. The predicted molar refractivity (Wildman–Crippen MR) is 117 cm³/mol. The van der Waals surface area contributed by atoms with Crippen LogP contribution in [0.2, 0.25) is 0 Å². The van der Waals surface area contributed by atoms with Crippen molar-refractivity contribution < 1.29 is 9.84 Å². The van der Waals surface area contributed by atoms with Crippen molar-refractivity contribution in [3.05, 3.63) is 72.4 Å². The fourth-order valence-corrected chi connectivity index (χ4v) is 3.78. The maximum absolute atomic E-state index is 9.69. The SMILES string of the molecule is OCc1ccccc1-c1ccc2cnc(Nc3ccc(N4CCOCC4)cc3)nn12. The number of benzene rings is 2. The molecule has 4 aromatic rings. The van der Waals surface area contributed by atoms with Gasteiger partial charge in [-0.15, -0.1) is 5.10 Å². The molecule has 3 heterocycles. The van der Waals surface area contributed by atoms with E-state index in [0.717, 1.165) is 54.3 Å². The summed E-state index contributed by atoms with van der Waals surface area (Å²) < 4.78 is 7.27. The van der Waals surface area contributed by atoms with Crippen LogP contribution in [0.3, 0.4) is 0 Å². The van der Waals surface area contributed by atoms with Crippen LogP contribution >= 0.6 is 0 Å². The number of hydrogen-bond donors (Lipinski definition) is 2. The number of fused-ring (bicyclic) bond motifs is 1. The van der Waals surface area contributed by atoms with Crippen LogP contribution in [0.5, 0.6) is 0 Å². The van der Waals surface area contributed by atoms with Crippen molar-refractivity contribution in [3.63, 3.8) is 0 Å². The molecule has 1 fully saturated rings. The summed E-state index contributed by atoms with van der Waals surface area (Å²) in [5.74, 6) is 0.514. The molecular weight excluding hydrogens is 378 g/mol. The van der Waals surface area contributed by atoms with Crippen LogP contribution in [0.1, 0.15) is 5.56 Å². The average molecular weight is 401 g/mol. The first-order valence-corrected chi connectivity index (χ1v) is 10.1. The van der Waals surface area contributed by atoms with Crippen LogP contribution in [0.15, 0.2) is 66.9 Å². The Hall–Kier alpha value is -3.42. The molecule has 7 heteroatoms. The summed E-state index contributed by atoms with van der Waals surface area (Å²) in [5.41, 5.74) is 5.75. The number of nitrogens with zero attached hydrogens (tertiary/aromatic N) is 4. The van der Waals surface area contributed by atoms with Gasteiger partial charge in [-0.3, -0.25) is 0 Å². The lowest BCUT2D eigenvalue weighted by atomic mass is 10.1. The van der Waals surface area contributed by atoms with Gasteiger partial charge in [0.25, 0.3) is 0 Å². The first-order valence-electron chi connectivity index (χ1n) is 10.1. The van der Waals surface area contributed by atoms with Gasteiger partial charge in [0.1, 0.15) is 0 Å². The van der Waals surface area contributed by atoms with Crippen molar-refractivity contribution in [1.82, 2.24) is 14.6 Å². The summed E-state index contributed by atoms with van der Waals surface area (Å²) in [5, 5.41) is 17.7. The first-order chi connectivity index (χ1) is 14.8. The smallest absolute Gasteiger partial charge is 0.245 e. The molecule has 5 rings (SSSR count). The molecule has 0 amide bonds. The maximum Gasteiger partial charge on any atom is 0.245 e. The van der Waals surface area contributed by atoms with Gasteiger partial charge in [-0.25, -0.2) is 9.50 Å². The number of anilines is 3. The van der Waals surface area contributed by atoms with E-state index in [1.165, 1.54) is 5.69 Å². The average Bonchev–Trinajstić information content (AvgIpc) is 3.23. The quantitative estimate of drug-likeness (QED) is 0.533. The fraction of sp³-hybridized carbons (Fsp3) is 0.217. The van der Waals surface area contributed by atoms with E-state index < -0.39 is 0 Å². The summed E-state index contributed by atoms with van der Waals surface area (Å²) >= 11 is 0. The van der Waals surface area contributed by atoms with Gasteiger partial charge in [0, 0.05) is 30.0 Å². The van der Waals surface area contributed by atoms with E-state index in [9.17, 15) is 5.11 Å². The number of aliphatic hydroxyl groups excluding tert-OH is 1. The second-order valence-corrected chi connectivity index (χ2v) is 7.22. The standard InChI is InChI=1S/C23H23N5O2/c29-16-17-3-1-2-4-21(17)22-10-9-20-15-24-23(26-28(20)22)25-18-5-7-19(8-6-18)27-11-13-30-14-12-27/h1-10,15,29H,11-14,16H2,(H,25,26). The zero-order valence-corrected chi connectivity index (χ0v) is 16.5. The third kappa shape index (κ3) is 3.60. The van der Waals surface area contributed by atoms with Crippen molar-refractivity contribution in [2.45, 2.75) is 6.61 Å². The van der Waals surface area contributed by atoms with Crippen molar-refractivity contribution in [1.29, 1.82) is 0 Å². The van der Waals surface area contributed by atoms with E-state index in [4.69, 9.17) is 4.74 Å². The van der Waals surface area contributed by atoms with Crippen molar-refractivity contribution >= 4 is 22.8 Å². The van der Waals surface area contributed by atoms with Gasteiger partial charge in [0.15, 0.2) is 0 Å². The van der Waals surface area contributed by atoms with Gasteiger partial charge < -0.3 is 20.1 Å². The van der Waals surface area contributed by atoms with Gasteiger partial charge >= 0.3 is 0 Å². The van der Waals surface area contributed by atoms with Crippen molar-refractivity contribution in [2.24, 2.45) is 0 Å². The third-order valence-electron chi connectivity index (χ3n) is 5.36. The Balaban J connectivity index is 1.41. The van der Waals surface area contributed by atoms with E-state index in [0.29, 0.717) is 5.95 Å². The number of ether oxygens (including phenoxy) is 1. The second-order valence-electron chi connectivity index (χ2n) is 7.22. The summed E-state index contributed by atoms with van der Waals surface area (Å²) in [6, 6.07) is 20.1. The third-order valence-corrected chi connectivity index (χ3v) is 5.36. The normalized spacial score (nSPS) is 14.2. The summed E-state index contributed by atoms with van der Waals surface area (Å²) in [6.45, 7) is 3.35. The fourth-order valence-electron chi connectivity index (χ4n) is 3.78. The minimum absolute atomic E-state index is 0.0188. The Morgan fingerprint density at radius 2 is 1.77 bits per heavy atom. The Kier molecular flexibility index (Phi) is 5.04. The second kappa shape index (κ2) is 8.14. The Morgan fingerprint density at radius 1 is 0.967 bits per heavy atom. The zero-order chi connectivity index (χ0) is 20.3. The monoisotopic (exact) mass is 401 g/mol. The van der Waals surface area contributed by atoms with Crippen molar-refractivity contribution in [3.8, 4) is 11.3 Å². The topological polar surface area (TPSA) is 74.9 Å². The van der Waals surface area contributed by atoms with Gasteiger partial charge in [-0.1, -0.05) is 24.3 Å². The molecule has 0 bridgehead atoms. The van der Waals surface area contributed by atoms with Crippen LogP contribution in [-0.4, -0.2) is 46.0 Å². The molecule has 152 valence electrons. The molecule has 2 aromatic heterocycles. The molecule has 0 unspecified atom stereocenters. The minimum atomic E-state index is -0.0188. The Labute approximate surface area is 174 Å². The summed E-state index contributed by atoms with van der Waals surface area (Å²) in [7, 11) is 0. The van der Waals surface area contributed by atoms with E-state index in [1.807, 2.05) is 53.0 Å². The number of aliphatic hydroxyl groups is 1. The highest BCUT2D eigenvalue weighted by atomic mass is 16.5. The van der Waals surface area contributed by atoms with Gasteiger partial charge in [0.05, 0.1) is 37.2 Å². The van der Waals surface area contributed by atoms with Crippen molar-refractivity contribution in [2.75, 3.05) is 36.5 Å². The maximum atomic E-state index is 9.69. The number of morpholine rings is 1. The molecule has 7 nitrogen and oxygen atoms in total. The largest absolute Gasteiger partial charge is 0.392 e. The lowest BCUT2D eigenvalue weighted by Gasteiger charge is -2.28. The molecule has 0 spiro atoms. The summed E-state index contributed by atoms with van der Waals surface area (Å²) in [4.78, 5) is 6.76. The molecule has 30 heavy (non-hydrogen) atoms. The molecule has 1 aliphatic heterocycles. The van der Waals surface area contributed by atoms with Crippen LogP contribution < -0.4 is 10.2 Å². The first kappa shape index (κ1) is 18.6. The number of hydrogen-bond acceptors (Lipinski definition) is 6.